The van der Waals surface area contributed by atoms with E-state index in [0.717, 1.165) is 21.3 Å². The van der Waals surface area contributed by atoms with Gasteiger partial charge in [-0.05, 0) is 25.2 Å². The highest BCUT2D eigenvalue weighted by Gasteiger charge is 2.30. The van der Waals surface area contributed by atoms with Crippen LogP contribution in [0, 0.1) is 11.8 Å². The minimum atomic E-state index is -0.0185. The van der Waals surface area contributed by atoms with Gasteiger partial charge in [-0.1, -0.05) is 13.8 Å². The van der Waals surface area contributed by atoms with Gasteiger partial charge in [-0.3, -0.25) is 9.59 Å². The number of nitrogens with one attached hydrogen (secondary N) is 1. The van der Waals surface area contributed by atoms with Gasteiger partial charge in [-0.25, -0.2) is 9.97 Å². The van der Waals surface area contributed by atoms with Gasteiger partial charge < -0.3 is 10.2 Å². The lowest BCUT2D eigenvalue weighted by atomic mass is 9.95. The lowest BCUT2D eigenvalue weighted by Gasteiger charge is -2.30. The molecule has 26 heavy (non-hydrogen) atoms. The van der Waals surface area contributed by atoms with Crippen LogP contribution in [0.3, 0.4) is 0 Å². The average Bonchev–Trinajstić information content (AvgIpc) is 3.30. The Morgan fingerprint density at radius 1 is 1.31 bits per heavy atom. The summed E-state index contributed by atoms with van der Waals surface area (Å²) < 4.78 is 0. The molecular formula is C18H24N4O2S2. The van der Waals surface area contributed by atoms with E-state index in [-0.39, 0.29) is 17.7 Å². The Labute approximate surface area is 161 Å². The predicted octanol–water partition coefficient (Wildman–Crippen LogP) is 3.06. The average molecular weight is 393 g/mol. The predicted molar refractivity (Wildman–Crippen MR) is 104 cm³/mol. The molecule has 1 aliphatic rings. The molecule has 1 saturated heterocycles. The van der Waals surface area contributed by atoms with Crippen LogP contribution in [0.1, 0.15) is 42.1 Å². The largest absolute Gasteiger partial charge is 0.359 e. The zero-order valence-corrected chi connectivity index (χ0v) is 17.0. The van der Waals surface area contributed by atoms with Crippen LogP contribution >= 0.6 is 22.7 Å². The highest BCUT2D eigenvalue weighted by molar-refractivity contribution is 7.20. The van der Waals surface area contributed by atoms with Crippen LogP contribution in [0.15, 0.2) is 11.6 Å². The third-order valence-corrected chi connectivity index (χ3v) is 6.50. The normalized spacial score (nSPS) is 15.5. The van der Waals surface area contributed by atoms with Crippen molar-refractivity contribution in [3.8, 4) is 10.0 Å². The van der Waals surface area contributed by atoms with Crippen molar-refractivity contribution in [3.63, 3.8) is 0 Å². The first-order valence-electron chi connectivity index (χ1n) is 8.90. The van der Waals surface area contributed by atoms with E-state index in [1.165, 1.54) is 11.3 Å². The van der Waals surface area contributed by atoms with E-state index in [4.69, 9.17) is 0 Å². The van der Waals surface area contributed by atoms with Crippen LogP contribution in [-0.2, 0) is 11.2 Å². The monoisotopic (exact) mass is 392 g/mol. The van der Waals surface area contributed by atoms with Gasteiger partial charge in [0.2, 0.25) is 5.91 Å². The summed E-state index contributed by atoms with van der Waals surface area (Å²) in [4.78, 5) is 36.7. The molecule has 0 atom stereocenters. The number of likely N-dealkylation sites (tertiary alicyclic amines) is 1. The van der Waals surface area contributed by atoms with Crippen molar-refractivity contribution in [1.29, 1.82) is 0 Å². The number of piperidine rings is 1. The fraction of sp³-hybridized carbons (Fsp3) is 0.556. The molecule has 0 unspecified atom stereocenters. The molecule has 1 fully saturated rings. The molecular weight excluding hydrogens is 368 g/mol. The van der Waals surface area contributed by atoms with E-state index >= 15 is 0 Å². The second-order valence-corrected chi connectivity index (χ2v) is 8.88. The Bertz CT molecular complexity index is 762. The van der Waals surface area contributed by atoms with Gasteiger partial charge in [0.25, 0.3) is 5.91 Å². The van der Waals surface area contributed by atoms with Crippen molar-refractivity contribution < 1.29 is 9.59 Å². The number of aromatic nitrogens is 2. The Morgan fingerprint density at radius 2 is 2.04 bits per heavy atom. The van der Waals surface area contributed by atoms with Crippen LogP contribution in [0.2, 0.25) is 0 Å². The van der Waals surface area contributed by atoms with Gasteiger partial charge in [0.15, 0.2) is 10.0 Å². The van der Waals surface area contributed by atoms with Crippen molar-refractivity contribution in [1.82, 2.24) is 20.2 Å². The summed E-state index contributed by atoms with van der Waals surface area (Å²) in [6.07, 6.45) is 4.00. The summed E-state index contributed by atoms with van der Waals surface area (Å²) in [5.74, 6) is 0.498. The van der Waals surface area contributed by atoms with E-state index in [1.54, 1.807) is 24.6 Å². The molecule has 3 heterocycles. The van der Waals surface area contributed by atoms with Gasteiger partial charge in [0.1, 0.15) is 5.69 Å². The van der Waals surface area contributed by atoms with Crippen LogP contribution < -0.4 is 5.32 Å². The first-order valence-corrected chi connectivity index (χ1v) is 10.6. The van der Waals surface area contributed by atoms with Crippen LogP contribution in [-0.4, -0.2) is 46.8 Å². The summed E-state index contributed by atoms with van der Waals surface area (Å²) in [6, 6.07) is 0. The first kappa shape index (κ1) is 19.0. The van der Waals surface area contributed by atoms with E-state index in [2.05, 4.69) is 29.1 Å². The van der Waals surface area contributed by atoms with Crippen molar-refractivity contribution in [3.05, 3.63) is 22.1 Å². The zero-order valence-electron chi connectivity index (χ0n) is 15.3. The second kappa shape index (κ2) is 8.26. The maximum absolute atomic E-state index is 13.1. The molecule has 6 nitrogen and oxygen atoms in total. The smallest absolute Gasteiger partial charge is 0.273 e. The molecule has 1 N–H and O–H groups in total. The number of nitrogens with zero attached hydrogens (tertiary/aromatic N) is 3. The number of carbonyl (C=O) groups excluding carboxylic acids is 2. The number of carbonyl (C=O) groups is 2. The highest BCUT2D eigenvalue weighted by atomic mass is 32.1. The first-order chi connectivity index (χ1) is 12.5. The molecule has 2 amide bonds. The number of hydrogen-bond acceptors (Lipinski definition) is 6. The van der Waals surface area contributed by atoms with Crippen molar-refractivity contribution >= 4 is 34.5 Å². The molecule has 2 aromatic heterocycles. The van der Waals surface area contributed by atoms with Gasteiger partial charge in [-0.15, -0.1) is 22.7 Å². The molecule has 2 aromatic rings. The van der Waals surface area contributed by atoms with Gasteiger partial charge in [-0.2, -0.15) is 0 Å². The highest BCUT2D eigenvalue weighted by Crippen LogP contribution is 2.32. The molecule has 0 spiro atoms. The summed E-state index contributed by atoms with van der Waals surface area (Å²) in [5.41, 5.74) is 0.562. The van der Waals surface area contributed by atoms with E-state index in [1.807, 2.05) is 10.3 Å². The summed E-state index contributed by atoms with van der Waals surface area (Å²) in [5, 5.41) is 6.30. The van der Waals surface area contributed by atoms with Crippen molar-refractivity contribution in [2.24, 2.45) is 11.8 Å². The molecule has 8 heteroatoms. The van der Waals surface area contributed by atoms with E-state index in [9.17, 15) is 9.59 Å². The third kappa shape index (κ3) is 4.12. The Balaban J connectivity index is 1.79. The molecule has 0 bridgehead atoms. The molecule has 1 aliphatic heterocycles. The van der Waals surface area contributed by atoms with Crippen molar-refractivity contribution in [2.45, 2.75) is 33.1 Å². The SMILES string of the molecule is CNC(=O)C1CCN(C(=O)c2nc(-c3nccs3)sc2CC(C)C)CC1. The number of rotatable bonds is 5. The quantitative estimate of drug-likeness (QED) is 0.848. The van der Waals surface area contributed by atoms with Gasteiger partial charge in [0.05, 0.1) is 0 Å². The van der Waals surface area contributed by atoms with Crippen molar-refractivity contribution in [2.75, 3.05) is 20.1 Å². The van der Waals surface area contributed by atoms with Gasteiger partial charge in [0, 0.05) is 42.5 Å². The minimum absolute atomic E-state index is 0.000461. The maximum Gasteiger partial charge on any atom is 0.273 e. The lowest BCUT2D eigenvalue weighted by molar-refractivity contribution is -0.125. The molecule has 0 saturated carbocycles. The molecule has 140 valence electrons. The van der Waals surface area contributed by atoms with E-state index in [0.29, 0.717) is 37.5 Å². The number of amides is 2. The summed E-state index contributed by atoms with van der Waals surface area (Å²) in [7, 11) is 1.66. The Hall–Kier alpha value is -1.80. The van der Waals surface area contributed by atoms with Crippen LogP contribution in [0.4, 0.5) is 0 Å². The molecule has 0 radical (unpaired) electrons. The minimum Gasteiger partial charge on any atom is -0.359 e. The fourth-order valence-electron chi connectivity index (χ4n) is 3.15. The second-order valence-electron chi connectivity index (χ2n) is 6.91. The molecule has 0 aliphatic carbocycles. The fourth-order valence-corrected chi connectivity index (χ4v) is 5.09. The van der Waals surface area contributed by atoms with Crippen LogP contribution in [0.25, 0.3) is 10.0 Å². The molecule has 0 aromatic carbocycles. The third-order valence-electron chi connectivity index (χ3n) is 4.51. The zero-order chi connectivity index (χ0) is 18.7. The standard InChI is InChI=1S/C18H24N4O2S2/c1-11(2)10-13-14(21-17(26-13)16-20-6-9-25-16)18(24)22-7-4-12(5-8-22)15(23)19-3/h6,9,11-12H,4-5,7-8,10H2,1-3H3,(H,19,23). The summed E-state index contributed by atoms with van der Waals surface area (Å²) in [6.45, 7) is 5.49. The van der Waals surface area contributed by atoms with Crippen LogP contribution in [0.5, 0.6) is 0 Å². The van der Waals surface area contributed by atoms with Gasteiger partial charge >= 0.3 is 0 Å². The van der Waals surface area contributed by atoms with E-state index < -0.39 is 0 Å². The number of hydrogen-bond donors (Lipinski definition) is 1. The Morgan fingerprint density at radius 3 is 2.62 bits per heavy atom. The number of thiazole rings is 2. The Kier molecular flexibility index (Phi) is 6.03. The maximum atomic E-state index is 13.1. The molecule has 3 rings (SSSR count). The summed E-state index contributed by atoms with van der Waals surface area (Å²) >= 11 is 3.11. The lowest BCUT2D eigenvalue weighted by Crippen LogP contribution is -2.42. The topological polar surface area (TPSA) is 75.2 Å².